The van der Waals surface area contributed by atoms with Gasteiger partial charge in [-0.15, -0.1) is 13.2 Å². The molecule has 1 aromatic carbocycles. The molecule has 11 heteroatoms. The molecule has 2 aliphatic rings. The Morgan fingerprint density at radius 2 is 1.86 bits per heavy atom. The minimum Gasteiger partial charge on any atom is -0.406 e. The van der Waals surface area contributed by atoms with Crippen LogP contribution in [-0.4, -0.2) is 64.9 Å². The normalized spacial score (nSPS) is 19.8. The van der Waals surface area contributed by atoms with Gasteiger partial charge in [0.05, 0.1) is 11.7 Å². The van der Waals surface area contributed by atoms with Gasteiger partial charge in [-0.25, -0.2) is 0 Å². The standard InChI is InChI=1S/C26H32F3N5O3/c1-33-14-11-19(12-15-33)16-25(36)34-13-3-2-4-22(34)21-17-23(32-31-21)30-24(35)10-7-18-5-8-20(9-6-18)37-26(27,28)29/h5-10,17,19,22H,2-4,11-16H2,1H3,(H2,30,31,32,35)/b10-7+. The number of carbonyl (C=O) groups is 2. The summed E-state index contributed by atoms with van der Waals surface area (Å²) >= 11 is 0. The lowest BCUT2D eigenvalue weighted by atomic mass is 9.91. The Morgan fingerprint density at radius 1 is 1.14 bits per heavy atom. The van der Waals surface area contributed by atoms with Crippen molar-refractivity contribution in [2.24, 2.45) is 5.92 Å². The number of rotatable bonds is 7. The molecule has 4 rings (SSSR count). The van der Waals surface area contributed by atoms with Crippen molar-refractivity contribution >= 4 is 23.7 Å². The van der Waals surface area contributed by atoms with E-state index < -0.39 is 12.3 Å². The topological polar surface area (TPSA) is 90.6 Å². The van der Waals surface area contributed by atoms with Crippen LogP contribution in [0.25, 0.3) is 6.08 Å². The Hall–Kier alpha value is -3.34. The number of nitrogens with zero attached hydrogens (tertiary/aromatic N) is 3. The first-order valence-corrected chi connectivity index (χ1v) is 12.5. The van der Waals surface area contributed by atoms with E-state index in [2.05, 4.69) is 32.2 Å². The van der Waals surface area contributed by atoms with Crippen LogP contribution in [0, 0.1) is 5.92 Å². The maximum Gasteiger partial charge on any atom is 0.573 e. The average Bonchev–Trinajstić information content (AvgIpc) is 3.32. The van der Waals surface area contributed by atoms with Gasteiger partial charge in [0.2, 0.25) is 11.8 Å². The van der Waals surface area contributed by atoms with E-state index >= 15 is 0 Å². The Kier molecular flexibility index (Phi) is 8.52. The highest BCUT2D eigenvalue weighted by atomic mass is 19.4. The monoisotopic (exact) mass is 519 g/mol. The molecule has 1 atom stereocenters. The maximum absolute atomic E-state index is 13.2. The molecule has 0 radical (unpaired) electrons. The van der Waals surface area contributed by atoms with Gasteiger partial charge >= 0.3 is 6.36 Å². The van der Waals surface area contributed by atoms with Gasteiger partial charge in [0.1, 0.15) is 5.75 Å². The number of hydrogen-bond acceptors (Lipinski definition) is 5. The number of halogens is 3. The maximum atomic E-state index is 13.2. The van der Waals surface area contributed by atoms with Crippen LogP contribution in [0.4, 0.5) is 19.0 Å². The Bertz CT molecular complexity index is 1090. The van der Waals surface area contributed by atoms with Crippen molar-refractivity contribution in [3.05, 3.63) is 47.7 Å². The molecule has 37 heavy (non-hydrogen) atoms. The smallest absolute Gasteiger partial charge is 0.406 e. The highest BCUT2D eigenvalue weighted by Gasteiger charge is 2.32. The first-order valence-electron chi connectivity index (χ1n) is 12.5. The van der Waals surface area contributed by atoms with E-state index in [-0.39, 0.29) is 17.7 Å². The second-order valence-electron chi connectivity index (χ2n) is 9.70. The zero-order valence-electron chi connectivity index (χ0n) is 20.8. The van der Waals surface area contributed by atoms with Gasteiger partial charge in [-0.3, -0.25) is 14.7 Å². The van der Waals surface area contributed by atoms with E-state index in [0.717, 1.165) is 50.9 Å². The van der Waals surface area contributed by atoms with E-state index in [1.54, 1.807) is 6.07 Å². The third-order valence-corrected chi connectivity index (χ3v) is 6.87. The van der Waals surface area contributed by atoms with Crippen molar-refractivity contribution < 1.29 is 27.5 Å². The molecule has 2 aliphatic heterocycles. The molecule has 1 unspecified atom stereocenters. The number of benzene rings is 1. The molecule has 0 aliphatic carbocycles. The van der Waals surface area contributed by atoms with E-state index in [1.807, 2.05) is 4.90 Å². The predicted octanol–water partition coefficient (Wildman–Crippen LogP) is 4.75. The molecule has 2 fully saturated rings. The Labute approximate surface area is 213 Å². The van der Waals surface area contributed by atoms with Crippen LogP contribution >= 0.6 is 0 Å². The van der Waals surface area contributed by atoms with Gasteiger partial charge in [-0.2, -0.15) is 5.10 Å². The molecule has 0 spiro atoms. The van der Waals surface area contributed by atoms with Crippen molar-refractivity contribution in [1.29, 1.82) is 0 Å². The number of aromatic amines is 1. The third kappa shape index (κ3) is 7.82. The molecular formula is C26H32F3N5O3. The third-order valence-electron chi connectivity index (χ3n) is 6.87. The zero-order valence-corrected chi connectivity index (χ0v) is 20.8. The highest BCUT2D eigenvalue weighted by Crippen LogP contribution is 2.33. The number of likely N-dealkylation sites (tertiary alicyclic amines) is 2. The first kappa shape index (κ1) is 26.7. The van der Waals surface area contributed by atoms with Crippen LogP contribution in [-0.2, 0) is 9.59 Å². The average molecular weight is 520 g/mol. The zero-order chi connectivity index (χ0) is 26.4. The number of alkyl halides is 3. The van der Waals surface area contributed by atoms with Crippen molar-refractivity contribution in [3.63, 3.8) is 0 Å². The van der Waals surface area contributed by atoms with Crippen LogP contribution in [0.3, 0.4) is 0 Å². The molecule has 3 heterocycles. The lowest BCUT2D eigenvalue weighted by molar-refractivity contribution is -0.274. The lowest BCUT2D eigenvalue weighted by Crippen LogP contribution is -2.40. The summed E-state index contributed by atoms with van der Waals surface area (Å²) in [5.41, 5.74) is 1.32. The summed E-state index contributed by atoms with van der Waals surface area (Å²) in [7, 11) is 2.11. The molecule has 2 amide bonds. The fourth-order valence-electron chi connectivity index (χ4n) is 4.88. The number of H-pyrrole nitrogens is 1. The first-order chi connectivity index (χ1) is 17.7. The van der Waals surface area contributed by atoms with Gasteiger partial charge in [-0.1, -0.05) is 12.1 Å². The number of nitrogens with one attached hydrogen (secondary N) is 2. The number of hydrogen-bond donors (Lipinski definition) is 2. The highest BCUT2D eigenvalue weighted by molar-refractivity contribution is 6.01. The van der Waals surface area contributed by atoms with Crippen molar-refractivity contribution in [2.75, 3.05) is 32.0 Å². The molecule has 2 saturated heterocycles. The number of carbonyl (C=O) groups excluding carboxylic acids is 2. The minimum atomic E-state index is -4.76. The fraction of sp³-hybridized carbons (Fsp3) is 0.500. The van der Waals surface area contributed by atoms with E-state index in [1.165, 1.54) is 36.4 Å². The van der Waals surface area contributed by atoms with Gasteiger partial charge in [0.15, 0.2) is 5.82 Å². The predicted molar refractivity (Wildman–Crippen MR) is 133 cm³/mol. The quantitative estimate of drug-likeness (QED) is 0.516. The lowest BCUT2D eigenvalue weighted by Gasteiger charge is -2.37. The van der Waals surface area contributed by atoms with E-state index in [4.69, 9.17) is 0 Å². The molecule has 2 N–H and O–H groups in total. The molecular weight excluding hydrogens is 487 g/mol. The van der Waals surface area contributed by atoms with Crippen molar-refractivity contribution in [3.8, 4) is 5.75 Å². The summed E-state index contributed by atoms with van der Waals surface area (Å²) in [4.78, 5) is 29.8. The molecule has 0 saturated carbocycles. The van der Waals surface area contributed by atoms with Crippen molar-refractivity contribution in [1.82, 2.24) is 20.0 Å². The number of ether oxygens (including phenoxy) is 1. The summed E-state index contributed by atoms with van der Waals surface area (Å²) in [5, 5.41) is 9.85. The van der Waals surface area contributed by atoms with Crippen LogP contribution in [0.5, 0.6) is 5.75 Å². The SMILES string of the molecule is CN1CCC(CC(=O)N2CCCCC2c2cc(NC(=O)/C=C/c3ccc(OC(F)(F)F)cc3)n[nH]2)CC1. The van der Waals surface area contributed by atoms with E-state index in [9.17, 15) is 22.8 Å². The molecule has 1 aromatic heterocycles. The Morgan fingerprint density at radius 3 is 2.57 bits per heavy atom. The van der Waals surface area contributed by atoms with Crippen LogP contribution in [0.1, 0.15) is 55.8 Å². The summed E-state index contributed by atoms with van der Waals surface area (Å²) in [6.45, 7) is 2.76. The van der Waals surface area contributed by atoms with Crippen molar-refractivity contribution in [2.45, 2.75) is 50.9 Å². The second kappa shape index (κ2) is 11.8. The molecule has 2 aromatic rings. The summed E-state index contributed by atoms with van der Waals surface area (Å²) < 4.78 is 40.7. The van der Waals surface area contributed by atoms with Crippen LogP contribution < -0.4 is 10.1 Å². The van der Waals surface area contributed by atoms with Gasteiger partial charge in [0.25, 0.3) is 0 Å². The number of anilines is 1. The summed E-state index contributed by atoms with van der Waals surface area (Å²) in [6, 6.07) is 6.83. The minimum absolute atomic E-state index is 0.0985. The second-order valence-corrected chi connectivity index (χ2v) is 9.70. The summed E-state index contributed by atoms with van der Waals surface area (Å²) in [5.74, 6) is 0.163. The van der Waals surface area contributed by atoms with Gasteiger partial charge in [-0.05, 0) is 81.9 Å². The number of aromatic nitrogens is 2. The van der Waals surface area contributed by atoms with Gasteiger partial charge in [0, 0.05) is 25.1 Å². The molecule has 0 bridgehead atoms. The molecule has 200 valence electrons. The fourth-order valence-corrected chi connectivity index (χ4v) is 4.88. The molecule has 8 nitrogen and oxygen atoms in total. The number of amides is 2. The number of piperidine rings is 2. The van der Waals surface area contributed by atoms with Crippen LogP contribution in [0.15, 0.2) is 36.4 Å². The van der Waals surface area contributed by atoms with E-state index in [0.29, 0.717) is 30.3 Å². The van der Waals surface area contributed by atoms with Crippen LogP contribution in [0.2, 0.25) is 0 Å². The van der Waals surface area contributed by atoms with Gasteiger partial charge < -0.3 is 19.9 Å². The summed E-state index contributed by atoms with van der Waals surface area (Å²) in [6.07, 6.45) is 3.46. The Balaban J connectivity index is 1.32. The largest absolute Gasteiger partial charge is 0.573 e.